The van der Waals surface area contributed by atoms with Gasteiger partial charge in [0.2, 0.25) is 11.7 Å². The third kappa shape index (κ3) is 2.34. The highest BCUT2D eigenvalue weighted by Gasteiger charge is 2.16. The molecule has 0 radical (unpaired) electrons. The molecule has 0 amide bonds. The Morgan fingerprint density at radius 2 is 2.29 bits per heavy atom. The first kappa shape index (κ1) is 11.7. The van der Waals surface area contributed by atoms with Crippen LogP contribution in [0.1, 0.15) is 30.8 Å². The predicted molar refractivity (Wildman–Crippen MR) is 64.4 cm³/mol. The zero-order valence-corrected chi connectivity index (χ0v) is 10.3. The topological polar surface area (TPSA) is 63.8 Å². The standard InChI is InChI=1S/C12H16N4O/c1-4-10(13-3)12-15-11(16-17-12)9-5-6-14-7-8(9)2/h5-7,10,13H,4H2,1-3H3. The fraction of sp³-hybridized carbons (Fsp3) is 0.417. The fourth-order valence-electron chi connectivity index (χ4n) is 1.71. The van der Waals surface area contributed by atoms with Gasteiger partial charge < -0.3 is 9.84 Å². The van der Waals surface area contributed by atoms with Gasteiger partial charge in [0, 0.05) is 18.0 Å². The van der Waals surface area contributed by atoms with Gasteiger partial charge in [0.15, 0.2) is 0 Å². The molecule has 17 heavy (non-hydrogen) atoms. The van der Waals surface area contributed by atoms with E-state index in [0.717, 1.165) is 17.5 Å². The summed E-state index contributed by atoms with van der Waals surface area (Å²) >= 11 is 0. The Balaban J connectivity index is 2.33. The number of aromatic nitrogens is 3. The maximum atomic E-state index is 5.27. The van der Waals surface area contributed by atoms with Gasteiger partial charge in [-0.3, -0.25) is 4.98 Å². The van der Waals surface area contributed by atoms with Crippen molar-refractivity contribution >= 4 is 0 Å². The molecule has 2 rings (SSSR count). The molecule has 0 aliphatic rings. The summed E-state index contributed by atoms with van der Waals surface area (Å²) in [5, 5.41) is 7.15. The summed E-state index contributed by atoms with van der Waals surface area (Å²) in [6, 6.07) is 2.00. The predicted octanol–water partition coefficient (Wildman–Crippen LogP) is 2.11. The first-order chi connectivity index (χ1) is 8.26. The first-order valence-corrected chi connectivity index (χ1v) is 5.68. The third-order valence-corrected chi connectivity index (χ3v) is 2.76. The van der Waals surface area contributed by atoms with E-state index in [4.69, 9.17) is 4.52 Å². The maximum absolute atomic E-state index is 5.27. The van der Waals surface area contributed by atoms with Crippen molar-refractivity contribution in [2.45, 2.75) is 26.3 Å². The molecular formula is C12H16N4O. The van der Waals surface area contributed by atoms with Crippen LogP contribution in [0, 0.1) is 6.92 Å². The Hall–Kier alpha value is -1.75. The molecule has 2 aromatic heterocycles. The molecule has 5 heteroatoms. The van der Waals surface area contributed by atoms with Gasteiger partial charge >= 0.3 is 0 Å². The average molecular weight is 232 g/mol. The lowest BCUT2D eigenvalue weighted by Crippen LogP contribution is -2.15. The van der Waals surface area contributed by atoms with Crippen molar-refractivity contribution in [2.75, 3.05) is 7.05 Å². The Morgan fingerprint density at radius 3 is 2.94 bits per heavy atom. The van der Waals surface area contributed by atoms with Crippen molar-refractivity contribution in [3.8, 4) is 11.4 Å². The van der Waals surface area contributed by atoms with Gasteiger partial charge in [-0.15, -0.1) is 0 Å². The Kier molecular flexibility index (Phi) is 3.49. The number of nitrogens with one attached hydrogen (secondary N) is 1. The van der Waals surface area contributed by atoms with Crippen LogP contribution in [0.15, 0.2) is 23.0 Å². The number of hydrogen-bond acceptors (Lipinski definition) is 5. The van der Waals surface area contributed by atoms with Crippen molar-refractivity contribution < 1.29 is 4.52 Å². The van der Waals surface area contributed by atoms with E-state index in [0.29, 0.717) is 11.7 Å². The summed E-state index contributed by atoms with van der Waals surface area (Å²) in [5.41, 5.74) is 2.00. The third-order valence-electron chi connectivity index (χ3n) is 2.76. The Bertz CT molecular complexity index is 491. The highest BCUT2D eigenvalue weighted by Crippen LogP contribution is 2.21. The summed E-state index contributed by atoms with van der Waals surface area (Å²) in [4.78, 5) is 8.46. The molecule has 0 spiro atoms. The van der Waals surface area contributed by atoms with E-state index >= 15 is 0 Å². The van der Waals surface area contributed by atoms with E-state index in [1.54, 1.807) is 12.4 Å². The summed E-state index contributed by atoms with van der Waals surface area (Å²) in [6.07, 6.45) is 4.43. The summed E-state index contributed by atoms with van der Waals surface area (Å²) in [7, 11) is 1.88. The highest BCUT2D eigenvalue weighted by atomic mass is 16.5. The van der Waals surface area contributed by atoms with E-state index in [1.165, 1.54) is 0 Å². The van der Waals surface area contributed by atoms with Crippen molar-refractivity contribution in [3.05, 3.63) is 29.9 Å². The molecule has 0 aliphatic carbocycles. The SMILES string of the molecule is CCC(NC)c1nc(-c2ccncc2C)no1. The van der Waals surface area contributed by atoms with Gasteiger partial charge in [-0.1, -0.05) is 12.1 Å². The number of nitrogens with zero attached hydrogens (tertiary/aromatic N) is 3. The van der Waals surface area contributed by atoms with Gasteiger partial charge in [0.1, 0.15) is 0 Å². The van der Waals surface area contributed by atoms with Crippen LogP contribution in [-0.4, -0.2) is 22.2 Å². The summed E-state index contributed by atoms with van der Waals surface area (Å²) < 4.78 is 5.27. The lowest BCUT2D eigenvalue weighted by atomic mass is 10.1. The van der Waals surface area contributed by atoms with E-state index in [2.05, 4.69) is 27.4 Å². The van der Waals surface area contributed by atoms with Gasteiger partial charge in [0.05, 0.1) is 6.04 Å². The lowest BCUT2D eigenvalue weighted by Gasteiger charge is -2.06. The van der Waals surface area contributed by atoms with Crippen LogP contribution >= 0.6 is 0 Å². The van der Waals surface area contributed by atoms with Crippen molar-refractivity contribution in [3.63, 3.8) is 0 Å². The minimum atomic E-state index is 0.110. The van der Waals surface area contributed by atoms with Crippen LogP contribution in [0.3, 0.4) is 0 Å². The van der Waals surface area contributed by atoms with Crippen molar-refractivity contribution in [1.82, 2.24) is 20.4 Å². The van der Waals surface area contributed by atoms with Crippen LogP contribution in [0.2, 0.25) is 0 Å². The monoisotopic (exact) mass is 232 g/mol. The second-order valence-corrected chi connectivity index (χ2v) is 3.90. The van der Waals surface area contributed by atoms with Crippen LogP contribution in [0.5, 0.6) is 0 Å². The van der Waals surface area contributed by atoms with Crippen LogP contribution in [0.4, 0.5) is 0 Å². The molecule has 1 unspecified atom stereocenters. The summed E-state index contributed by atoms with van der Waals surface area (Å²) in [6.45, 7) is 4.05. The molecule has 2 heterocycles. The number of rotatable bonds is 4. The van der Waals surface area contributed by atoms with Gasteiger partial charge in [-0.2, -0.15) is 4.98 Å². The molecule has 1 N–H and O–H groups in total. The molecule has 0 bridgehead atoms. The van der Waals surface area contributed by atoms with Crippen molar-refractivity contribution in [2.24, 2.45) is 0 Å². The quantitative estimate of drug-likeness (QED) is 0.874. The molecule has 0 aliphatic heterocycles. The van der Waals surface area contributed by atoms with E-state index < -0.39 is 0 Å². The van der Waals surface area contributed by atoms with E-state index in [1.807, 2.05) is 20.0 Å². The summed E-state index contributed by atoms with van der Waals surface area (Å²) in [5.74, 6) is 1.25. The van der Waals surface area contributed by atoms with Gasteiger partial charge in [-0.25, -0.2) is 0 Å². The zero-order chi connectivity index (χ0) is 12.3. The fourth-order valence-corrected chi connectivity index (χ4v) is 1.71. The molecule has 0 aromatic carbocycles. The van der Waals surface area contributed by atoms with E-state index in [9.17, 15) is 0 Å². The Labute approximate surface area is 100 Å². The van der Waals surface area contributed by atoms with Gasteiger partial charge in [0.25, 0.3) is 0 Å². The van der Waals surface area contributed by atoms with Crippen LogP contribution < -0.4 is 5.32 Å². The smallest absolute Gasteiger partial charge is 0.244 e. The molecule has 0 saturated carbocycles. The first-order valence-electron chi connectivity index (χ1n) is 5.68. The largest absolute Gasteiger partial charge is 0.337 e. The molecule has 1 atom stereocenters. The molecule has 90 valence electrons. The van der Waals surface area contributed by atoms with Crippen LogP contribution in [0.25, 0.3) is 11.4 Å². The molecule has 0 fully saturated rings. The minimum Gasteiger partial charge on any atom is -0.337 e. The zero-order valence-electron chi connectivity index (χ0n) is 10.3. The lowest BCUT2D eigenvalue weighted by molar-refractivity contribution is 0.334. The highest BCUT2D eigenvalue weighted by molar-refractivity contribution is 5.57. The molecule has 2 aromatic rings. The van der Waals surface area contributed by atoms with Crippen molar-refractivity contribution in [1.29, 1.82) is 0 Å². The van der Waals surface area contributed by atoms with Crippen LogP contribution in [-0.2, 0) is 0 Å². The molecular weight excluding hydrogens is 216 g/mol. The number of hydrogen-bond donors (Lipinski definition) is 1. The second kappa shape index (κ2) is 5.05. The maximum Gasteiger partial charge on any atom is 0.244 e. The normalized spacial score (nSPS) is 12.6. The Morgan fingerprint density at radius 1 is 1.47 bits per heavy atom. The minimum absolute atomic E-state index is 0.110. The second-order valence-electron chi connectivity index (χ2n) is 3.90. The van der Waals surface area contributed by atoms with Gasteiger partial charge in [-0.05, 0) is 32.0 Å². The molecule has 0 saturated heterocycles. The average Bonchev–Trinajstić information content (AvgIpc) is 2.81. The number of aryl methyl sites for hydroxylation is 1. The molecule has 5 nitrogen and oxygen atoms in total. The number of pyridine rings is 1. The van der Waals surface area contributed by atoms with E-state index in [-0.39, 0.29) is 6.04 Å².